The normalized spacial score (nSPS) is 14.3. The second-order valence-electron chi connectivity index (χ2n) is 6.57. The van der Waals surface area contributed by atoms with Gasteiger partial charge in [0, 0.05) is 24.6 Å². The van der Waals surface area contributed by atoms with E-state index in [4.69, 9.17) is 16.3 Å². The zero-order valence-electron chi connectivity index (χ0n) is 16.6. The van der Waals surface area contributed by atoms with Crippen LogP contribution >= 0.6 is 23.4 Å². The van der Waals surface area contributed by atoms with Crippen LogP contribution in [0.15, 0.2) is 60.0 Å². The van der Waals surface area contributed by atoms with Crippen LogP contribution in [-0.4, -0.2) is 57.5 Å². The lowest BCUT2D eigenvalue weighted by atomic mass is 10.2. The van der Waals surface area contributed by atoms with Gasteiger partial charge in [-0.1, -0.05) is 17.7 Å². The highest BCUT2D eigenvalue weighted by Gasteiger charge is 2.27. The van der Waals surface area contributed by atoms with Gasteiger partial charge in [-0.25, -0.2) is 8.42 Å². The Morgan fingerprint density at radius 1 is 1.23 bits per heavy atom. The van der Waals surface area contributed by atoms with Gasteiger partial charge in [0.05, 0.1) is 34.8 Å². The first-order valence-corrected chi connectivity index (χ1v) is 12.3. The van der Waals surface area contributed by atoms with Crippen LogP contribution in [0.5, 0.6) is 5.75 Å². The summed E-state index contributed by atoms with van der Waals surface area (Å²) < 4.78 is 33.2. The first kappa shape index (κ1) is 22.5. The van der Waals surface area contributed by atoms with Crippen LogP contribution in [0.4, 0.5) is 5.69 Å². The minimum atomic E-state index is -3.95. The van der Waals surface area contributed by atoms with Crippen molar-refractivity contribution in [3.63, 3.8) is 0 Å². The molecule has 0 N–H and O–H groups in total. The number of nitrogens with zero attached hydrogens (tertiary/aromatic N) is 2. The number of carbonyl (C=O) groups excluding carboxylic acids is 1. The zero-order chi connectivity index (χ0) is 21.7. The van der Waals surface area contributed by atoms with Crippen molar-refractivity contribution in [2.24, 2.45) is 0 Å². The third-order valence-corrected chi connectivity index (χ3v) is 7.77. The summed E-state index contributed by atoms with van der Waals surface area (Å²) in [5, 5.41) is 0.233. The van der Waals surface area contributed by atoms with Gasteiger partial charge in [0.1, 0.15) is 5.75 Å². The molecule has 2 aromatic carbocycles. The van der Waals surface area contributed by atoms with Crippen molar-refractivity contribution in [1.29, 1.82) is 0 Å². The number of sulfonamides is 1. The Kier molecular flexibility index (Phi) is 7.33. The number of ether oxygens (including phenoxy) is 1. The quantitative estimate of drug-likeness (QED) is 0.578. The molecule has 0 unspecified atom stereocenters. The zero-order valence-corrected chi connectivity index (χ0v) is 19.0. The largest absolute Gasteiger partial charge is 0.497 e. The minimum Gasteiger partial charge on any atom is -0.497 e. The highest BCUT2D eigenvalue weighted by atomic mass is 35.5. The summed E-state index contributed by atoms with van der Waals surface area (Å²) >= 11 is 8.04. The number of halogens is 1. The first-order chi connectivity index (χ1) is 14.4. The maximum absolute atomic E-state index is 13.4. The van der Waals surface area contributed by atoms with Crippen LogP contribution in [0.1, 0.15) is 10.4 Å². The Morgan fingerprint density at radius 3 is 2.50 bits per heavy atom. The molecule has 1 fully saturated rings. The number of anilines is 1. The van der Waals surface area contributed by atoms with Gasteiger partial charge < -0.3 is 9.64 Å². The van der Waals surface area contributed by atoms with Gasteiger partial charge in [0.25, 0.3) is 15.9 Å². The topological polar surface area (TPSA) is 66.9 Å². The van der Waals surface area contributed by atoms with Gasteiger partial charge in [-0.3, -0.25) is 9.10 Å². The van der Waals surface area contributed by atoms with Crippen LogP contribution in [0.3, 0.4) is 0 Å². The molecular formula is C21H23ClN2O4S2. The molecule has 3 rings (SSSR count). The van der Waals surface area contributed by atoms with Gasteiger partial charge in [-0.05, 0) is 42.5 Å². The van der Waals surface area contributed by atoms with E-state index in [0.717, 1.165) is 11.5 Å². The summed E-state index contributed by atoms with van der Waals surface area (Å²) in [7, 11) is -2.41. The standard InChI is InChI=1S/C21H23ClN2O4S2/c1-3-10-24(16-4-6-17(28-2)7-5-16)30(26,27)18-8-9-20(22)19(15-18)21(25)23-11-13-29-14-12-23/h3-9,15H,1,10-14H2,2H3. The average Bonchev–Trinajstić information content (AvgIpc) is 2.77. The molecule has 160 valence electrons. The Labute approximate surface area is 186 Å². The summed E-state index contributed by atoms with van der Waals surface area (Å²) in [6, 6.07) is 10.9. The molecule has 1 heterocycles. The summed E-state index contributed by atoms with van der Waals surface area (Å²) in [6.45, 7) is 4.98. The van der Waals surface area contributed by atoms with Crippen molar-refractivity contribution >= 4 is 45.0 Å². The smallest absolute Gasteiger partial charge is 0.264 e. The van der Waals surface area contributed by atoms with Crippen LogP contribution in [0, 0.1) is 0 Å². The van der Waals surface area contributed by atoms with E-state index in [9.17, 15) is 13.2 Å². The predicted octanol–water partition coefficient (Wildman–Crippen LogP) is 3.92. The number of thioether (sulfide) groups is 1. The van der Waals surface area contributed by atoms with Crippen molar-refractivity contribution in [2.75, 3.05) is 42.6 Å². The molecule has 1 saturated heterocycles. The summed E-state index contributed by atoms with van der Waals surface area (Å²) in [4.78, 5) is 14.6. The lowest BCUT2D eigenvalue weighted by Crippen LogP contribution is -2.38. The van der Waals surface area contributed by atoms with Gasteiger partial charge >= 0.3 is 0 Å². The molecule has 0 radical (unpaired) electrons. The lowest BCUT2D eigenvalue weighted by molar-refractivity contribution is 0.0772. The van der Waals surface area contributed by atoms with Gasteiger partial charge in [-0.2, -0.15) is 11.8 Å². The third-order valence-electron chi connectivity index (χ3n) is 4.71. The predicted molar refractivity (Wildman–Crippen MR) is 122 cm³/mol. The molecule has 0 atom stereocenters. The first-order valence-electron chi connectivity index (χ1n) is 9.32. The molecule has 0 bridgehead atoms. The second kappa shape index (κ2) is 9.76. The van der Waals surface area contributed by atoms with Crippen molar-refractivity contribution in [1.82, 2.24) is 4.90 Å². The monoisotopic (exact) mass is 466 g/mol. The number of hydrogen-bond acceptors (Lipinski definition) is 5. The van der Waals surface area contributed by atoms with E-state index in [1.54, 1.807) is 48.0 Å². The van der Waals surface area contributed by atoms with Crippen LogP contribution in [0.2, 0.25) is 5.02 Å². The van der Waals surface area contributed by atoms with E-state index in [2.05, 4.69) is 6.58 Å². The second-order valence-corrected chi connectivity index (χ2v) is 10.1. The highest BCUT2D eigenvalue weighted by Crippen LogP contribution is 2.29. The van der Waals surface area contributed by atoms with Gasteiger partial charge in [-0.15, -0.1) is 6.58 Å². The van der Waals surface area contributed by atoms with Gasteiger partial charge in [0.15, 0.2) is 0 Å². The minimum absolute atomic E-state index is 0.000646. The van der Waals surface area contributed by atoms with Crippen molar-refractivity contribution < 1.29 is 17.9 Å². The van der Waals surface area contributed by atoms with E-state index in [1.807, 2.05) is 0 Å². The molecule has 0 spiro atoms. The molecule has 2 aromatic rings. The molecule has 1 aliphatic heterocycles. The summed E-state index contributed by atoms with van der Waals surface area (Å²) in [5.74, 6) is 2.07. The van der Waals surface area contributed by atoms with E-state index in [1.165, 1.54) is 28.6 Å². The number of benzene rings is 2. The number of amides is 1. The molecule has 30 heavy (non-hydrogen) atoms. The molecule has 1 aliphatic rings. The number of methoxy groups -OCH3 is 1. The van der Waals surface area contributed by atoms with Crippen LogP contribution in [-0.2, 0) is 10.0 Å². The maximum Gasteiger partial charge on any atom is 0.264 e. The summed E-state index contributed by atoms with van der Waals surface area (Å²) in [6.07, 6.45) is 1.51. The molecule has 6 nitrogen and oxygen atoms in total. The van der Waals surface area contributed by atoms with Crippen molar-refractivity contribution in [3.05, 3.63) is 65.7 Å². The Morgan fingerprint density at radius 2 is 1.90 bits per heavy atom. The Bertz CT molecular complexity index is 1020. The third kappa shape index (κ3) is 4.77. The fraction of sp³-hybridized carbons (Fsp3) is 0.286. The van der Waals surface area contributed by atoms with Crippen LogP contribution in [0.25, 0.3) is 0 Å². The van der Waals surface area contributed by atoms with E-state index >= 15 is 0 Å². The molecule has 0 saturated carbocycles. The van der Waals surface area contributed by atoms with Crippen LogP contribution < -0.4 is 9.04 Å². The van der Waals surface area contributed by atoms with Crippen molar-refractivity contribution in [2.45, 2.75) is 4.90 Å². The Balaban J connectivity index is 1.98. The van der Waals surface area contributed by atoms with E-state index < -0.39 is 10.0 Å². The highest BCUT2D eigenvalue weighted by molar-refractivity contribution is 7.99. The SMILES string of the molecule is C=CCN(c1ccc(OC)cc1)S(=O)(=O)c1ccc(Cl)c(C(=O)N2CCSCC2)c1. The maximum atomic E-state index is 13.4. The summed E-state index contributed by atoms with van der Waals surface area (Å²) in [5.41, 5.74) is 0.657. The molecule has 0 aliphatic carbocycles. The molecular weight excluding hydrogens is 444 g/mol. The molecule has 1 amide bonds. The number of hydrogen-bond donors (Lipinski definition) is 0. The fourth-order valence-electron chi connectivity index (χ4n) is 3.10. The molecule has 9 heteroatoms. The number of carbonyl (C=O) groups is 1. The van der Waals surface area contributed by atoms with Gasteiger partial charge in [0.2, 0.25) is 0 Å². The Hall–Kier alpha value is -2.16. The fourth-order valence-corrected chi connectivity index (χ4v) is 5.66. The number of rotatable bonds is 7. The average molecular weight is 467 g/mol. The van der Waals surface area contributed by atoms with E-state index in [-0.39, 0.29) is 27.9 Å². The van der Waals surface area contributed by atoms with E-state index in [0.29, 0.717) is 24.5 Å². The molecule has 0 aromatic heterocycles. The van der Waals surface area contributed by atoms with Crippen molar-refractivity contribution in [3.8, 4) is 5.75 Å². The lowest BCUT2D eigenvalue weighted by Gasteiger charge is -2.27.